The van der Waals surface area contributed by atoms with Gasteiger partial charge in [0.05, 0.1) is 30.0 Å². The van der Waals surface area contributed by atoms with Crippen molar-refractivity contribution in [1.29, 1.82) is 5.41 Å². The molecule has 1 aromatic carbocycles. The Bertz CT molecular complexity index is 817. The Morgan fingerprint density at radius 3 is 2.63 bits per heavy atom. The van der Waals surface area contributed by atoms with E-state index in [0.717, 1.165) is 12.3 Å². The second-order valence-corrected chi connectivity index (χ2v) is 6.43. The van der Waals surface area contributed by atoms with E-state index in [4.69, 9.17) is 10.1 Å². The molecular weight excluding hydrogens is 397 g/mol. The van der Waals surface area contributed by atoms with Crippen LogP contribution >= 0.6 is 0 Å². The summed E-state index contributed by atoms with van der Waals surface area (Å²) in [4.78, 5) is 11.9. The highest BCUT2D eigenvalue weighted by molar-refractivity contribution is 6.11. The highest BCUT2D eigenvalue weighted by Crippen LogP contribution is 2.36. The van der Waals surface area contributed by atoms with Gasteiger partial charge in [-0.05, 0) is 43.8 Å². The number of halogens is 3. The van der Waals surface area contributed by atoms with Crippen molar-refractivity contribution in [2.75, 3.05) is 19.0 Å². The monoisotopic (exact) mass is 424 g/mol. The molecule has 0 spiro atoms. The van der Waals surface area contributed by atoms with Gasteiger partial charge in [0.25, 0.3) is 5.91 Å². The molecule has 0 radical (unpaired) electrons. The summed E-state index contributed by atoms with van der Waals surface area (Å²) < 4.78 is 45.4. The first-order chi connectivity index (χ1) is 14.1. The quantitative estimate of drug-likeness (QED) is 0.246. The van der Waals surface area contributed by atoms with Gasteiger partial charge in [-0.2, -0.15) is 13.2 Å². The molecule has 1 amide bonds. The maximum Gasteiger partial charge on any atom is 0.418 e. The van der Waals surface area contributed by atoms with Crippen LogP contribution in [-0.2, 0) is 22.3 Å². The van der Waals surface area contributed by atoms with Gasteiger partial charge in [-0.1, -0.05) is 18.7 Å². The van der Waals surface area contributed by atoms with Gasteiger partial charge in [0.1, 0.15) is 0 Å². The first-order valence-corrected chi connectivity index (χ1v) is 9.17. The predicted octanol–water partition coefficient (Wildman–Crippen LogP) is 3.98. The fourth-order valence-corrected chi connectivity index (χ4v) is 2.41. The number of amides is 1. The van der Waals surface area contributed by atoms with Gasteiger partial charge < -0.3 is 26.1 Å². The molecule has 1 unspecified atom stereocenters. The van der Waals surface area contributed by atoms with Crippen molar-refractivity contribution in [3.05, 3.63) is 65.5 Å². The predicted molar refractivity (Wildman–Crippen MR) is 112 cm³/mol. The summed E-state index contributed by atoms with van der Waals surface area (Å²) in [6.07, 6.45) is 1.02. The van der Waals surface area contributed by atoms with E-state index in [1.165, 1.54) is 24.3 Å². The molecule has 30 heavy (non-hydrogen) atoms. The number of allylic oxidation sites excluding steroid dienone is 2. The molecule has 164 valence electrons. The van der Waals surface area contributed by atoms with Gasteiger partial charge in [0.15, 0.2) is 0 Å². The maximum atomic E-state index is 13.3. The van der Waals surface area contributed by atoms with Crippen LogP contribution < -0.4 is 16.0 Å². The third kappa shape index (κ3) is 8.12. The summed E-state index contributed by atoms with van der Waals surface area (Å²) >= 11 is 0. The Kier molecular flexibility index (Phi) is 9.83. The lowest BCUT2D eigenvalue weighted by molar-refractivity contribution is -0.137. The number of rotatable bonds is 11. The topological polar surface area (TPSA) is 86.2 Å². The fourth-order valence-electron chi connectivity index (χ4n) is 2.41. The molecule has 1 aromatic rings. The average molecular weight is 424 g/mol. The number of carbonyl (C=O) groups is 1. The molecule has 0 bridgehead atoms. The smallest absolute Gasteiger partial charge is 0.394 e. The van der Waals surface area contributed by atoms with Crippen molar-refractivity contribution >= 4 is 17.8 Å². The molecule has 0 heterocycles. The standard InChI is InChI=1S/C21H27F3N4O2/c1-5-17(11-25)20(29)28-15(3)12-30-13-16-6-7-18(21(22,23)24)19(10-16)27-14(2)8-9-26-4/h5-11,15,25-27H,2,12-13H2,1,3-4H3,(H,28,29). The Hall–Kier alpha value is -3.07. The van der Waals surface area contributed by atoms with Crippen molar-refractivity contribution in [3.8, 4) is 0 Å². The number of carbonyl (C=O) groups excluding carboxylic acids is 1. The lowest BCUT2D eigenvalue weighted by Gasteiger charge is -2.17. The number of hydrogen-bond acceptors (Lipinski definition) is 5. The first kappa shape index (κ1) is 25.0. The van der Waals surface area contributed by atoms with E-state index in [1.54, 1.807) is 27.1 Å². The van der Waals surface area contributed by atoms with Crippen LogP contribution in [0.4, 0.5) is 18.9 Å². The van der Waals surface area contributed by atoms with E-state index in [2.05, 4.69) is 22.5 Å². The molecule has 0 fully saturated rings. The average Bonchev–Trinajstić information content (AvgIpc) is 2.66. The highest BCUT2D eigenvalue weighted by Gasteiger charge is 2.33. The molecule has 0 saturated carbocycles. The van der Waals surface area contributed by atoms with Gasteiger partial charge in [0, 0.05) is 25.0 Å². The largest absolute Gasteiger partial charge is 0.418 e. The molecule has 0 aliphatic heterocycles. The van der Waals surface area contributed by atoms with Gasteiger partial charge in [-0.15, -0.1) is 0 Å². The van der Waals surface area contributed by atoms with Gasteiger partial charge >= 0.3 is 6.18 Å². The van der Waals surface area contributed by atoms with Crippen LogP contribution in [0.5, 0.6) is 0 Å². The molecule has 1 rings (SSSR count). The zero-order valence-corrected chi connectivity index (χ0v) is 17.2. The van der Waals surface area contributed by atoms with Gasteiger partial charge in [-0.3, -0.25) is 4.79 Å². The summed E-state index contributed by atoms with van der Waals surface area (Å²) in [5, 5.41) is 15.3. The maximum absolute atomic E-state index is 13.3. The van der Waals surface area contributed by atoms with E-state index >= 15 is 0 Å². The summed E-state index contributed by atoms with van der Waals surface area (Å²) in [5.41, 5.74) is 0.113. The normalized spacial score (nSPS) is 13.1. The van der Waals surface area contributed by atoms with E-state index < -0.39 is 17.6 Å². The molecule has 0 saturated heterocycles. The fraction of sp³-hybridized carbons (Fsp3) is 0.333. The van der Waals surface area contributed by atoms with Crippen LogP contribution in [-0.4, -0.2) is 31.8 Å². The number of alkyl halides is 3. The lowest BCUT2D eigenvalue weighted by atomic mass is 10.1. The second-order valence-electron chi connectivity index (χ2n) is 6.43. The molecule has 4 N–H and O–H groups in total. The van der Waals surface area contributed by atoms with Crippen LogP contribution in [0.1, 0.15) is 25.0 Å². The first-order valence-electron chi connectivity index (χ1n) is 9.17. The van der Waals surface area contributed by atoms with Crippen molar-refractivity contribution in [1.82, 2.24) is 10.6 Å². The van der Waals surface area contributed by atoms with Gasteiger partial charge in [-0.25, -0.2) is 0 Å². The van der Waals surface area contributed by atoms with Crippen molar-refractivity contribution < 1.29 is 22.7 Å². The van der Waals surface area contributed by atoms with Crippen LogP contribution in [0, 0.1) is 5.41 Å². The minimum absolute atomic E-state index is 0.0624. The third-order valence-electron chi connectivity index (χ3n) is 3.88. The minimum atomic E-state index is -4.52. The molecule has 1 atom stereocenters. The van der Waals surface area contributed by atoms with Crippen molar-refractivity contribution in [2.24, 2.45) is 0 Å². The molecule has 0 aromatic heterocycles. The molecule has 6 nitrogen and oxygen atoms in total. The van der Waals surface area contributed by atoms with E-state index in [0.29, 0.717) is 5.56 Å². The van der Waals surface area contributed by atoms with Crippen LogP contribution in [0.2, 0.25) is 0 Å². The second kappa shape index (κ2) is 11.8. The number of hydrogen-bond donors (Lipinski definition) is 4. The molecular formula is C21H27F3N4O2. The highest BCUT2D eigenvalue weighted by atomic mass is 19.4. The molecule has 0 aliphatic rings. The Morgan fingerprint density at radius 1 is 1.37 bits per heavy atom. The third-order valence-corrected chi connectivity index (χ3v) is 3.88. The lowest BCUT2D eigenvalue weighted by Crippen LogP contribution is -2.37. The van der Waals surface area contributed by atoms with Gasteiger partial charge in [0.2, 0.25) is 0 Å². The number of nitrogens with one attached hydrogen (secondary N) is 4. The van der Waals surface area contributed by atoms with Crippen LogP contribution in [0.25, 0.3) is 0 Å². The molecule has 0 aliphatic carbocycles. The minimum Gasteiger partial charge on any atom is -0.394 e. The summed E-state index contributed by atoms with van der Waals surface area (Å²) in [7, 11) is 1.66. The SMILES string of the molecule is C=C(C=CNC)Nc1cc(COCC(C)NC(=O)C(C=N)=CC)ccc1C(F)(F)F. The van der Waals surface area contributed by atoms with Crippen molar-refractivity contribution in [2.45, 2.75) is 32.7 Å². The number of anilines is 1. The number of benzene rings is 1. The van der Waals surface area contributed by atoms with Crippen LogP contribution in [0.3, 0.4) is 0 Å². The zero-order valence-electron chi connectivity index (χ0n) is 17.2. The van der Waals surface area contributed by atoms with Crippen LogP contribution in [0.15, 0.2) is 54.4 Å². The zero-order chi connectivity index (χ0) is 22.7. The van der Waals surface area contributed by atoms with E-state index in [9.17, 15) is 18.0 Å². The Morgan fingerprint density at radius 2 is 2.07 bits per heavy atom. The Labute approximate surface area is 174 Å². The number of ether oxygens (including phenoxy) is 1. The van der Waals surface area contributed by atoms with E-state index in [-0.39, 0.29) is 36.2 Å². The van der Waals surface area contributed by atoms with E-state index in [1.807, 2.05) is 0 Å². The summed E-state index contributed by atoms with van der Waals surface area (Å²) in [6, 6.07) is 3.35. The summed E-state index contributed by atoms with van der Waals surface area (Å²) in [5.74, 6) is -0.391. The Balaban J connectivity index is 2.79. The molecule has 9 heteroatoms. The summed E-state index contributed by atoms with van der Waals surface area (Å²) in [6.45, 7) is 7.28. The van der Waals surface area contributed by atoms with Crippen molar-refractivity contribution in [3.63, 3.8) is 0 Å².